The summed E-state index contributed by atoms with van der Waals surface area (Å²) < 4.78 is 11.3. The van der Waals surface area contributed by atoms with Crippen LogP contribution in [0.5, 0.6) is 11.5 Å². The summed E-state index contributed by atoms with van der Waals surface area (Å²) in [5.74, 6) is 1.72. The van der Waals surface area contributed by atoms with Crippen LogP contribution in [0, 0.1) is 0 Å². The van der Waals surface area contributed by atoms with Crippen LogP contribution in [0.2, 0.25) is 0 Å². The molecule has 1 N–H and O–H groups in total. The predicted octanol–water partition coefficient (Wildman–Crippen LogP) is 3.84. The molecule has 18 heavy (non-hydrogen) atoms. The lowest BCUT2D eigenvalue weighted by Crippen LogP contribution is -2.14. The first-order chi connectivity index (χ1) is 8.79. The van der Waals surface area contributed by atoms with Crippen molar-refractivity contribution in [2.24, 2.45) is 0 Å². The molecular weight excluding hydrogens is 226 g/mol. The Labute approximate surface area is 109 Å². The maximum Gasteiger partial charge on any atom is 0.163 e. The lowest BCUT2D eigenvalue weighted by molar-refractivity contribution is 0.297. The second kappa shape index (κ2) is 6.53. The standard InChI is InChI=1S/C15H23NO2/c1-3-4-6-12(2)16-13-7-8-14-15(11-13)18-10-5-9-17-14/h7-8,11-12,16H,3-6,9-10H2,1-2H3. The Bertz CT molecular complexity index is 379. The van der Waals surface area contributed by atoms with Crippen molar-refractivity contribution in [3.05, 3.63) is 18.2 Å². The summed E-state index contributed by atoms with van der Waals surface area (Å²) in [6, 6.07) is 6.60. The van der Waals surface area contributed by atoms with Crippen LogP contribution in [0.3, 0.4) is 0 Å². The first-order valence-electron chi connectivity index (χ1n) is 6.96. The third kappa shape index (κ3) is 3.56. The molecule has 1 aromatic rings. The zero-order valence-electron chi connectivity index (χ0n) is 11.4. The van der Waals surface area contributed by atoms with Gasteiger partial charge in [-0.05, 0) is 25.5 Å². The molecule has 0 fully saturated rings. The van der Waals surface area contributed by atoms with Crippen molar-refractivity contribution in [1.82, 2.24) is 0 Å². The fourth-order valence-electron chi connectivity index (χ4n) is 2.12. The lowest BCUT2D eigenvalue weighted by Gasteiger charge is -2.16. The number of fused-ring (bicyclic) bond motifs is 1. The van der Waals surface area contributed by atoms with Gasteiger partial charge in [-0.15, -0.1) is 0 Å². The molecule has 0 saturated heterocycles. The summed E-state index contributed by atoms with van der Waals surface area (Å²) in [4.78, 5) is 0. The second-order valence-corrected chi connectivity index (χ2v) is 4.90. The Hall–Kier alpha value is -1.38. The zero-order valence-corrected chi connectivity index (χ0v) is 11.4. The average Bonchev–Trinajstić information content (AvgIpc) is 2.61. The minimum Gasteiger partial charge on any atom is -0.490 e. The SMILES string of the molecule is CCCCC(C)Nc1ccc2c(c1)OCCCO2. The normalized spacial score (nSPS) is 15.9. The van der Waals surface area contributed by atoms with Gasteiger partial charge in [-0.1, -0.05) is 19.8 Å². The number of unbranched alkanes of at least 4 members (excludes halogenated alkanes) is 1. The first-order valence-corrected chi connectivity index (χ1v) is 6.96. The quantitative estimate of drug-likeness (QED) is 0.860. The molecule has 1 aliphatic rings. The number of anilines is 1. The Morgan fingerprint density at radius 1 is 1.22 bits per heavy atom. The number of ether oxygens (including phenoxy) is 2. The summed E-state index contributed by atoms with van der Waals surface area (Å²) in [5.41, 5.74) is 1.11. The van der Waals surface area contributed by atoms with E-state index >= 15 is 0 Å². The van der Waals surface area contributed by atoms with E-state index in [1.54, 1.807) is 0 Å². The summed E-state index contributed by atoms with van der Waals surface area (Å²) in [6.07, 6.45) is 4.65. The Morgan fingerprint density at radius 3 is 2.78 bits per heavy atom. The molecule has 1 aliphatic heterocycles. The van der Waals surface area contributed by atoms with Crippen molar-refractivity contribution in [2.45, 2.75) is 45.6 Å². The van der Waals surface area contributed by atoms with Crippen LogP contribution < -0.4 is 14.8 Å². The van der Waals surface area contributed by atoms with E-state index in [0.717, 1.165) is 36.8 Å². The average molecular weight is 249 g/mol. The molecule has 3 heteroatoms. The molecule has 0 spiro atoms. The lowest BCUT2D eigenvalue weighted by atomic mass is 10.1. The highest BCUT2D eigenvalue weighted by molar-refractivity contribution is 5.55. The molecule has 0 saturated carbocycles. The molecule has 0 bridgehead atoms. The van der Waals surface area contributed by atoms with E-state index in [-0.39, 0.29) is 0 Å². The van der Waals surface area contributed by atoms with E-state index in [9.17, 15) is 0 Å². The molecule has 0 amide bonds. The fraction of sp³-hybridized carbons (Fsp3) is 0.600. The molecule has 1 atom stereocenters. The fourth-order valence-corrected chi connectivity index (χ4v) is 2.12. The molecule has 0 aliphatic carbocycles. The van der Waals surface area contributed by atoms with Crippen LogP contribution in [-0.2, 0) is 0 Å². The Balaban J connectivity index is 1.99. The molecule has 1 aromatic carbocycles. The maximum absolute atomic E-state index is 5.69. The maximum atomic E-state index is 5.69. The van der Waals surface area contributed by atoms with E-state index in [1.165, 1.54) is 19.3 Å². The summed E-state index contributed by atoms with van der Waals surface area (Å²) in [5, 5.41) is 3.51. The van der Waals surface area contributed by atoms with Gasteiger partial charge in [-0.25, -0.2) is 0 Å². The van der Waals surface area contributed by atoms with Crippen LogP contribution in [0.15, 0.2) is 18.2 Å². The van der Waals surface area contributed by atoms with E-state index < -0.39 is 0 Å². The van der Waals surface area contributed by atoms with Gasteiger partial charge in [-0.2, -0.15) is 0 Å². The number of nitrogens with one attached hydrogen (secondary N) is 1. The van der Waals surface area contributed by atoms with E-state index in [0.29, 0.717) is 6.04 Å². The van der Waals surface area contributed by atoms with Crippen molar-refractivity contribution in [1.29, 1.82) is 0 Å². The summed E-state index contributed by atoms with van der Waals surface area (Å²) >= 11 is 0. The molecule has 1 unspecified atom stereocenters. The van der Waals surface area contributed by atoms with Crippen LogP contribution >= 0.6 is 0 Å². The molecule has 1 heterocycles. The van der Waals surface area contributed by atoms with Gasteiger partial charge in [0, 0.05) is 24.2 Å². The van der Waals surface area contributed by atoms with Crippen LogP contribution in [-0.4, -0.2) is 19.3 Å². The summed E-state index contributed by atoms with van der Waals surface area (Å²) in [6.45, 7) is 5.92. The summed E-state index contributed by atoms with van der Waals surface area (Å²) in [7, 11) is 0. The van der Waals surface area contributed by atoms with Crippen molar-refractivity contribution in [3.8, 4) is 11.5 Å². The van der Waals surface area contributed by atoms with Gasteiger partial charge in [0.25, 0.3) is 0 Å². The van der Waals surface area contributed by atoms with Gasteiger partial charge in [0.2, 0.25) is 0 Å². The second-order valence-electron chi connectivity index (χ2n) is 4.90. The van der Waals surface area contributed by atoms with E-state index in [1.807, 2.05) is 12.1 Å². The predicted molar refractivity (Wildman–Crippen MR) is 74.7 cm³/mol. The molecule has 2 rings (SSSR count). The third-order valence-corrected chi connectivity index (χ3v) is 3.15. The monoisotopic (exact) mass is 249 g/mol. The largest absolute Gasteiger partial charge is 0.490 e. The van der Waals surface area contributed by atoms with Crippen LogP contribution in [0.4, 0.5) is 5.69 Å². The van der Waals surface area contributed by atoms with Gasteiger partial charge >= 0.3 is 0 Å². The topological polar surface area (TPSA) is 30.5 Å². The van der Waals surface area contributed by atoms with Gasteiger partial charge in [0.15, 0.2) is 11.5 Å². The number of hydrogen-bond acceptors (Lipinski definition) is 3. The van der Waals surface area contributed by atoms with Crippen LogP contribution in [0.1, 0.15) is 39.5 Å². The van der Waals surface area contributed by atoms with Crippen molar-refractivity contribution >= 4 is 5.69 Å². The first kappa shape index (κ1) is 13.1. The highest BCUT2D eigenvalue weighted by Crippen LogP contribution is 2.32. The van der Waals surface area contributed by atoms with Crippen molar-refractivity contribution < 1.29 is 9.47 Å². The van der Waals surface area contributed by atoms with E-state index in [2.05, 4.69) is 25.2 Å². The minimum atomic E-state index is 0.495. The van der Waals surface area contributed by atoms with Crippen molar-refractivity contribution in [2.75, 3.05) is 18.5 Å². The minimum absolute atomic E-state index is 0.495. The third-order valence-electron chi connectivity index (χ3n) is 3.15. The molecule has 0 radical (unpaired) electrons. The zero-order chi connectivity index (χ0) is 12.8. The number of benzene rings is 1. The molecular formula is C15H23NO2. The smallest absolute Gasteiger partial charge is 0.163 e. The van der Waals surface area contributed by atoms with Gasteiger partial charge in [0.05, 0.1) is 13.2 Å². The Morgan fingerprint density at radius 2 is 2.00 bits per heavy atom. The van der Waals surface area contributed by atoms with Gasteiger partial charge in [-0.3, -0.25) is 0 Å². The van der Waals surface area contributed by atoms with Crippen molar-refractivity contribution in [3.63, 3.8) is 0 Å². The molecule has 0 aromatic heterocycles. The van der Waals surface area contributed by atoms with Gasteiger partial charge in [0.1, 0.15) is 0 Å². The molecule has 100 valence electrons. The van der Waals surface area contributed by atoms with Crippen LogP contribution in [0.25, 0.3) is 0 Å². The number of rotatable bonds is 5. The Kier molecular flexibility index (Phi) is 4.73. The molecule has 3 nitrogen and oxygen atoms in total. The van der Waals surface area contributed by atoms with Gasteiger partial charge < -0.3 is 14.8 Å². The number of hydrogen-bond donors (Lipinski definition) is 1. The highest BCUT2D eigenvalue weighted by Gasteiger charge is 2.11. The highest BCUT2D eigenvalue weighted by atomic mass is 16.5. The van der Waals surface area contributed by atoms with E-state index in [4.69, 9.17) is 9.47 Å².